The third kappa shape index (κ3) is 7.83. The Kier molecular flexibility index (Phi) is 11.5. The molecule has 19 rings (SSSR count). The molecule has 4 aliphatic carbocycles. The summed E-state index contributed by atoms with van der Waals surface area (Å²) >= 11 is 0. The van der Waals surface area contributed by atoms with Crippen LogP contribution in [0.1, 0.15) is 66.3 Å². The molecule has 3 nitrogen and oxygen atoms in total. The molecule has 414 valence electrons. The molecule has 0 radical (unpaired) electrons. The number of rotatable bonds is 9. The summed E-state index contributed by atoms with van der Waals surface area (Å²) < 4.78 is 0. The number of nitrogens with zero attached hydrogens (tertiary/aromatic N) is 3. The van der Waals surface area contributed by atoms with Gasteiger partial charge in [-0.15, -0.1) is 0 Å². The van der Waals surface area contributed by atoms with E-state index in [0.717, 1.165) is 34.8 Å². The van der Waals surface area contributed by atoms with Gasteiger partial charge in [-0.3, -0.25) is 0 Å². The monoisotopic (exact) mass is 1110 g/mol. The predicted molar refractivity (Wildman–Crippen MR) is 363 cm³/mol. The number of hydrogen-bond acceptors (Lipinski definition) is 3. The van der Waals surface area contributed by atoms with Gasteiger partial charge in [0.2, 0.25) is 0 Å². The summed E-state index contributed by atoms with van der Waals surface area (Å²) in [7, 11) is 0. The maximum atomic E-state index is 2.73. The van der Waals surface area contributed by atoms with E-state index in [1.807, 2.05) is 0 Å². The van der Waals surface area contributed by atoms with Crippen LogP contribution in [0.15, 0.2) is 297 Å². The molecule has 4 heteroatoms. The summed E-state index contributed by atoms with van der Waals surface area (Å²) in [5, 5.41) is 0. The number of benzene rings is 12. The molecule has 12 aromatic rings. The third-order valence-electron chi connectivity index (χ3n) is 21.1. The Balaban J connectivity index is 0.874. The van der Waals surface area contributed by atoms with Crippen molar-refractivity contribution in [2.75, 3.05) is 14.7 Å². The fraction of sp³-hybridized carbons (Fsp3) is 0.133. The summed E-state index contributed by atoms with van der Waals surface area (Å²) in [4.78, 5) is 7.73. The molecule has 3 aliphatic heterocycles. The average molecular weight is 1110 g/mol. The van der Waals surface area contributed by atoms with E-state index in [-0.39, 0.29) is 12.1 Å². The molecule has 3 heterocycles. The normalized spacial score (nSPS) is 19.6. The van der Waals surface area contributed by atoms with Crippen LogP contribution in [0.2, 0.25) is 0 Å². The number of para-hydroxylation sites is 1. The second kappa shape index (κ2) is 19.8. The highest BCUT2D eigenvalue weighted by Crippen LogP contribution is 2.64. The number of anilines is 9. The first-order valence-electron chi connectivity index (χ1n) is 31.6. The summed E-state index contributed by atoms with van der Waals surface area (Å²) in [5.41, 5.74) is 28.1. The Morgan fingerprint density at radius 2 is 0.701 bits per heavy atom. The Bertz CT molecular complexity index is 4530. The molecule has 4 fully saturated rings. The van der Waals surface area contributed by atoms with Gasteiger partial charge in [0.1, 0.15) is 0 Å². The van der Waals surface area contributed by atoms with Crippen molar-refractivity contribution in [2.24, 2.45) is 17.8 Å². The van der Waals surface area contributed by atoms with Crippen LogP contribution in [0.25, 0.3) is 33.4 Å². The minimum Gasteiger partial charge on any atom is -0.311 e. The van der Waals surface area contributed by atoms with Crippen molar-refractivity contribution >= 4 is 74.3 Å². The van der Waals surface area contributed by atoms with Gasteiger partial charge in [-0.2, -0.15) is 0 Å². The van der Waals surface area contributed by atoms with Gasteiger partial charge in [-0.1, -0.05) is 231 Å². The van der Waals surface area contributed by atoms with E-state index in [1.54, 1.807) is 5.56 Å². The molecule has 87 heavy (non-hydrogen) atoms. The first-order valence-corrected chi connectivity index (χ1v) is 31.6. The largest absolute Gasteiger partial charge is 0.311 e. The van der Waals surface area contributed by atoms with Crippen LogP contribution >= 0.6 is 0 Å². The molecule has 0 saturated heterocycles. The summed E-state index contributed by atoms with van der Waals surface area (Å²) in [5.74, 6) is 2.51. The van der Waals surface area contributed by atoms with E-state index < -0.39 is 5.41 Å². The van der Waals surface area contributed by atoms with Gasteiger partial charge >= 0.3 is 0 Å². The van der Waals surface area contributed by atoms with E-state index in [0.29, 0.717) is 0 Å². The van der Waals surface area contributed by atoms with E-state index in [4.69, 9.17) is 0 Å². The highest BCUT2D eigenvalue weighted by Gasteiger charge is 2.54. The van der Waals surface area contributed by atoms with Crippen LogP contribution < -0.4 is 31.1 Å². The molecular weight excluding hydrogens is 1050 g/mol. The highest BCUT2D eigenvalue weighted by atomic mass is 15.2. The maximum absolute atomic E-state index is 2.73. The van der Waals surface area contributed by atoms with Crippen molar-refractivity contribution in [3.63, 3.8) is 0 Å². The molecule has 0 unspecified atom stereocenters. The van der Waals surface area contributed by atoms with Gasteiger partial charge in [0.15, 0.2) is 0 Å². The van der Waals surface area contributed by atoms with Crippen molar-refractivity contribution in [1.29, 1.82) is 0 Å². The zero-order valence-electron chi connectivity index (χ0n) is 48.7. The van der Waals surface area contributed by atoms with Gasteiger partial charge in [-0.25, -0.2) is 0 Å². The van der Waals surface area contributed by atoms with Crippen molar-refractivity contribution in [1.82, 2.24) is 0 Å². The van der Waals surface area contributed by atoms with Crippen LogP contribution in [0.4, 0.5) is 51.2 Å². The molecule has 7 aliphatic rings. The zero-order chi connectivity index (χ0) is 57.2. The molecule has 4 saturated carbocycles. The Hall–Kier alpha value is -9.90. The summed E-state index contributed by atoms with van der Waals surface area (Å²) in [6.45, 7) is -0.0776. The Morgan fingerprint density at radius 1 is 0.276 bits per heavy atom. The van der Waals surface area contributed by atoms with Gasteiger partial charge < -0.3 is 14.7 Å². The Morgan fingerprint density at radius 3 is 1.26 bits per heavy atom. The standard InChI is InChI=1S/C83H64BN3/c1-6-19-59(20-7-1)62-33-39-68(40-34-62)85-77-45-37-64(61-23-10-3-11-24-61)50-74(77)84-73-44-43-70(52-80(73)86(79-32-18-31-78(85)81(79)84)69-41-35-63(36-42-69)60-21-8-2-9-22-60)87-75-30-17-16-29-71(75)83(65-25-12-4-13-26-65,66-27-14-5-15-28-66)72-51-67(38-46-76(72)87)82-53-56-47-57(54-82)49-58(48-56)55-82/h1-46,50-52,56-58H,47-49,53-55H2. The number of hydrogen-bond donors (Lipinski definition) is 0. The zero-order valence-corrected chi connectivity index (χ0v) is 48.7. The minimum atomic E-state index is -0.588. The van der Waals surface area contributed by atoms with E-state index in [9.17, 15) is 0 Å². The lowest BCUT2D eigenvalue weighted by Crippen LogP contribution is -2.61. The van der Waals surface area contributed by atoms with Crippen molar-refractivity contribution in [2.45, 2.75) is 49.4 Å². The van der Waals surface area contributed by atoms with Crippen LogP contribution in [-0.4, -0.2) is 6.71 Å². The maximum Gasteiger partial charge on any atom is 0.252 e. The van der Waals surface area contributed by atoms with E-state index >= 15 is 0 Å². The van der Waals surface area contributed by atoms with E-state index in [2.05, 4.69) is 312 Å². The predicted octanol–water partition coefficient (Wildman–Crippen LogP) is 19.4. The molecule has 0 amide bonds. The van der Waals surface area contributed by atoms with Gasteiger partial charge in [-0.05, 0) is 206 Å². The average Bonchev–Trinajstić information content (AvgIpc) is 0.796. The smallest absolute Gasteiger partial charge is 0.252 e. The molecule has 12 aromatic carbocycles. The fourth-order valence-electron chi connectivity index (χ4n) is 17.8. The van der Waals surface area contributed by atoms with Crippen LogP contribution in [0, 0.1) is 17.8 Å². The molecule has 0 N–H and O–H groups in total. The second-order valence-electron chi connectivity index (χ2n) is 25.8. The molecule has 0 spiro atoms. The van der Waals surface area contributed by atoms with Crippen molar-refractivity contribution in [3.8, 4) is 33.4 Å². The van der Waals surface area contributed by atoms with Crippen molar-refractivity contribution in [3.05, 3.63) is 325 Å². The van der Waals surface area contributed by atoms with Gasteiger partial charge in [0, 0.05) is 39.8 Å². The SMILES string of the molecule is c1ccc(-c2ccc(N3c4ccc(-c5ccccc5)cc4B4c5ccc(N6c7ccccc7C(c7ccccc7)(c7ccccc7)c7cc(C89CC%10CC(CC(C%10)C8)C9)ccc76)cc5N(c5ccc(-c6ccccc6)cc5)c5cccc3c54)cc2)cc1. The van der Waals surface area contributed by atoms with Crippen LogP contribution in [0.5, 0.6) is 0 Å². The summed E-state index contributed by atoms with van der Waals surface area (Å²) in [6.07, 6.45) is 8.20. The van der Waals surface area contributed by atoms with Crippen LogP contribution in [0.3, 0.4) is 0 Å². The first kappa shape index (κ1) is 50.4. The van der Waals surface area contributed by atoms with Gasteiger partial charge in [0.25, 0.3) is 6.71 Å². The lowest BCUT2D eigenvalue weighted by molar-refractivity contribution is -0.00522. The van der Waals surface area contributed by atoms with E-state index in [1.165, 1.54) is 145 Å². The number of fused-ring (bicyclic) bond motifs is 6. The first-order chi connectivity index (χ1) is 43.1. The second-order valence-corrected chi connectivity index (χ2v) is 25.8. The summed E-state index contributed by atoms with van der Waals surface area (Å²) in [6, 6.07) is 113. The molecule has 0 aromatic heterocycles. The third-order valence-corrected chi connectivity index (χ3v) is 21.1. The lowest BCUT2D eigenvalue weighted by Gasteiger charge is -2.57. The Labute approximate surface area is 511 Å². The van der Waals surface area contributed by atoms with Gasteiger partial charge in [0.05, 0.1) is 16.8 Å². The lowest BCUT2D eigenvalue weighted by atomic mass is 9.33. The van der Waals surface area contributed by atoms with Crippen molar-refractivity contribution < 1.29 is 0 Å². The molecular formula is C83H64BN3. The molecule has 4 bridgehead atoms. The highest BCUT2D eigenvalue weighted by molar-refractivity contribution is 7.00. The van der Waals surface area contributed by atoms with Crippen LogP contribution in [-0.2, 0) is 10.8 Å². The fourth-order valence-corrected chi connectivity index (χ4v) is 17.8. The topological polar surface area (TPSA) is 9.72 Å². The minimum absolute atomic E-state index is 0.0776. The quantitative estimate of drug-likeness (QED) is 0.133. The molecule has 0 atom stereocenters.